The molecule has 0 amide bonds. The Hall–Kier alpha value is -2.36. The summed E-state index contributed by atoms with van der Waals surface area (Å²) in [4.78, 5) is 15.2. The van der Waals surface area contributed by atoms with E-state index in [9.17, 15) is 4.79 Å². The van der Waals surface area contributed by atoms with Gasteiger partial charge in [-0.25, -0.2) is 9.78 Å². The maximum Gasteiger partial charge on any atom is 0.356 e. The third kappa shape index (κ3) is 2.73. The second-order valence-electron chi connectivity index (χ2n) is 4.72. The minimum absolute atomic E-state index is 0.104. The number of rotatable bonds is 3. The van der Waals surface area contributed by atoms with Crippen LogP contribution in [0.5, 0.6) is 0 Å². The third-order valence-electron chi connectivity index (χ3n) is 2.98. The van der Waals surface area contributed by atoms with Crippen LogP contribution in [0.2, 0.25) is 0 Å². The van der Waals surface area contributed by atoms with E-state index in [0.29, 0.717) is 11.6 Å². The summed E-state index contributed by atoms with van der Waals surface area (Å²) in [6.45, 7) is 4.22. The van der Waals surface area contributed by atoms with Gasteiger partial charge in [-0.3, -0.25) is 0 Å². The van der Waals surface area contributed by atoms with Crippen molar-refractivity contribution in [2.45, 2.75) is 19.8 Å². The Labute approximate surface area is 111 Å². The van der Waals surface area contributed by atoms with Gasteiger partial charge in [0, 0.05) is 5.56 Å². The summed E-state index contributed by atoms with van der Waals surface area (Å²) in [5, 5.41) is 9.04. The van der Waals surface area contributed by atoms with Crippen molar-refractivity contribution in [3.63, 3.8) is 0 Å². The molecule has 2 aromatic rings. The summed E-state index contributed by atoms with van der Waals surface area (Å²) in [7, 11) is 0. The summed E-state index contributed by atoms with van der Waals surface area (Å²) in [5.41, 5.74) is 8.38. The van der Waals surface area contributed by atoms with Crippen molar-refractivity contribution >= 4 is 11.7 Å². The van der Waals surface area contributed by atoms with Gasteiger partial charge in [0.05, 0.1) is 11.4 Å². The monoisotopic (exact) mass is 256 g/mol. The second kappa shape index (κ2) is 5.10. The lowest BCUT2D eigenvalue weighted by Crippen LogP contribution is -2.06. The van der Waals surface area contributed by atoms with Gasteiger partial charge in [-0.15, -0.1) is 0 Å². The standard InChI is InChI=1S/C15H16N2O2/c1-9(2)10-4-3-5-11(8-10)13-7-6-12(16)14(17-13)15(18)19/h3-9H,16H2,1-2H3,(H,18,19). The molecule has 0 unspecified atom stereocenters. The fourth-order valence-electron chi connectivity index (χ4n) is 1.86. The first-order valence-corrected chi connectivity index (χ1v) is 6.09. The molecule has 4 heteroatoms. The molecule has 0 saturated heterocycles. The summed E-state index contributed by atoms with van der Waals surface area (Å²) in [6, 6.07) is 11.2. The Balaban J connectivity index is 2.50. The number of pyridine rings is 1. The molecule has 0 atom stereocenters. The molecule has 0 aliphatic rings. The van der Waals surface area contributed by atoms with Gasteiger partial charge in [-0.2, -0.15) is 0 Å². The fraction of sp³-hybridized carbons (Fsp3) is 0.200. The van der Waals surface area contributed by atoms with E-state index in [4.69, 9.17) is 10.8 Å². The Morgan fingerprint density at radius 2 is 2.00 bits per heavy atom. The van der Waals surface area contributed by atoms with Gasteiger partial charge < -0.3 is 10.8 Å². The van der Waals surface area contributed by atoms with Gasteiger partial charge in [-0.1, -0.05) is 32.0 Å². The molecule has 0 fully saturated rings. The Morgan fingerprint density at radius 1 is 1.26 bits per heavy atom. The topological polar surface area (TPSA) is 76.2 Å². The lowest BCUT2D eigenvalue weighted by Gasteiger charge is -2.09. The number of hydrogen-bond donors (Lipinski definition) is 2. The number of aromatic nitrogens is 1. The highest BCUT2D eigenvalue weighted by atomic mass is 16.4. The van der Waals surface area contributed by atoms with E-state index in [-0.39, 0.29) is 11.4 Å². The van der Waals surface area contributed by atoms with Crippen LogP contribution in [0.25, 0.3) is 11.3 Å². The van der Waals surface area contributed by atoms with Crippen LogP contribution < -0.4 is 5.73 Å². The molecule has 19 heavy (non-hydrogen) atoms. The first-order valence-electron chi connectivity index (χ1n) is 6.09. The van der Waals surface area contributed by atoms with Crippen molar-refractivity contribution in [3.05, 3.63) is 47.7 Å². The van der Waals surface area contributed by atoms with E-state index in [0.717, 1.165) is 5.56 Å². The van der Waals surface area contributed by atoms with Crippen LogP contribution in [0.3, 0.4) is 0 Å². The minimum Gasteiger partial charge on any atom is -0.476 e. The van der Waals surface area contributed by atoms with E-state index in [2.05, 4.69) is 18.8 Å². The summed E-state index contributed by atoms with van der Waals surface area (Å²) in [5.74, 6) is -0.702. The highest BCUT2D eigenvalue weighted by Gasteiger charge is 2.12. The molecule has 4 nitrogen and oxygen atoms in total. The molecular formula is C15H16N2O2. The van der Waals surface area contributed by atoms with E-state index in [1.165, 1.54) is 5.56 Å². The number of nitrogen functional groups attached to an aromatic ring is 1. The summed E-state index contributed by atoms with van der Waals surface area (Å²) < 4.78 is 0. The quantitative estimate of drug-likeness (QED) is 0.884. The zero-order valence-corrected chi connectivity index (χ0v) is 10.9. The lowest BCUT2D eigenvalue weighted by atomic mass is 9.99. The van der Waals surface area contributed by atoms with Crippen LogP contribution in [0.1, 0.15) is 35.8 Å². The van der Waals surface area contributed by atoms with Gasteiger partial charge in [-0.05, 0) is 29.7 Å². The van der Waals surface area contributed by atoms with Gasteiger partial charge in [0.2, 0.25) is 0 Å². The Bertz CT molecular complexity index is 621. The van der Waals surface area contributed by atoms with E-state index >= 15 is 0 Å². The van der Waals surface area contributed by atoms with Crippen LogP contribution in [-0.4, -0.2) is 16.1 Å². The van der Waals surface area contributed by atoms with Crippen molar-refractivity contribution in [3.8, 4) is 11.3 Å². The highest BCUT2D eigenvalue weighted by Crippen LogP contribution is 2.24. The number of nitrogens with two attached hydrogens (primary N) is 1. The maximum atomic E-state index is 11.0. The Morgan fingerprint density at radius 3 is 2.63 bits per heavy atom. The van der Waals surface area contributed by atoms with Crippen LogP contribution in [0.4, 0.5) is 5.69 Å². The molecule has 1 aromatic heterocycles. The zero-order valence-electron chi connectivity index (χ0n) is 10.9. The average Bonchev–Trinajstić information content (AvgIpc) is 2.39. The van der Waals surface area contributed by atoms with Crippen LogP contribution in [0.15, 0.2) is 36.4 Å². The number of aromatic carboxylic acids is 1. The lowest BCUT2D eigenvalue weighted by molar-refractivity contribution is 0.0692. The van der Waals surface area contributed by atoms with Crippen LogP contribution in [-0.2, 0) is 0 Å². The molecule has 0 saturated carbocycles. The minimum atomic E-state index is -1.11. The van der Waals surface area contributed by atoms with Crippen molar-refractivity contribution < 1.29 is 9.90 Å². The van der Waals surface area contributed by atoms with Gasteiger partial charge in [0.25, 0.3) is 0 Å². The molecule has 0 spiro atoms. The molecule has 1 aromatic carbocycles. The van der Waals surface area contributed by atoms with E-state index < -0.39 is 5.97 Å². The first kappa shape index (κ1) is 13.1. The SMILES string of the molecule is CC(C)c1cccc(-c2ccc(N)c(C(=O)O)n2)c1. The molecule has 98 valence electrons. The van der Waals surface area contributed by atoms with E-state index in [1.807, 2.05) is 24.3 Å². The van der Waals surface area contributed by atoms with Gasteiger partial charge in [0.1, 0.15) is 0 Å². The fourth-order valence-corrected chi connectivity index (χ4v) is 1.86. The zero-order chi connectivity index (χ0) is 14.0. The second-order valence-corrected chi connectivity index (χ2v) is 4.72. The largest absolute Gasteiger partial charge is 0.476 e. The number of hydrogen-bond acceptors (Lipinski definition) is 3. The van der Waals surface area contributed by atoms with Gasteiger partial charge in [0.15, 0.2) is 5.69 Å². The first-order chi connectivity index (χ1) is 8.99. The molecule has 0 bridgehead atoms. The number of carboxylic acids is 1. The number of carboxylic acid groups (broad SMARTS) is 1. The predicted molar refractivity (Wildman–Crippen MR) is 75.1 cm³/mol. The van der Waals surface area contributed by atoms with E-state index in [1.54, 1.807) is 12.1 Å². The number of anilines is 1. The van der Waals surface area contributed by atoms with Crippen molar-refractivity contribution in [1.82, 2.24) is 4.98 Å². The number of nitrogens with zero attached hydrogens (tertiary/aromatic N) is 1. The van der Waals surface area contributed by atoms with Crippen LogP contribution in [0, 0.1) is 0 Å². The molecule has 1 heterocycles. The van der Waals surface area contributed by atoms with Crippen LogP contribution >= 0.6 is 0 Å². The summed E-state index contributed by atoms with van der Waals surface area (Å²) >= 11 is 0. The van der Waals surface area contributed by atoms with Crippen molar-refractivity contribution in [1.29, 1.82) is 0 Å². The molecular weight excluding hydrogens is 240 g/mol. The van der Waals surface area contributed by atoms with Gasteiger partial charge >= 0.3 is 5.97 Å². The highest BCUT2D eigenvalue weighted by molar-refractivity contribution is 5.92. The maximum absolute atomic E-state index is 11.0. The smallest absolute Gasteiger partial charge is 0.356 e. The normalized spacial score (nSPS) is 10.7. The summed E-state index contributed by atoms with van der Waals surface area (Å²) in [6.07, 6.45) is 0. The average molecular weight is 256 g/mol. The third-order valence-corrected chi connectivity index (χ3v) is 2.98. The Kier molecular flexibility index (Phi) is 3.51. The van der Waals surface area contributed by atoms with Crippen molar-refractivity contribution in [2.75, 3.05) is 5.73 Å². The molecule has 0 radical (unpaired) electrons. The molecule has 0 aliphatic carbocycles. The molecule has 0 aliphatic heterocycles. The number of carbonyl (C=O) groups is 1. The van der Waals surface area contributed by atoms with Crippen molar-refractivity contribution in [2.24, 2.45) is 0 Å². The molecule has 2 rings (SSSR count). The predicted octanol–water partition coefficient (Wildman–Crippen LogP) is 3.15. The number of benzene rings is 1. The molecule has 3 N–H and O–H groups in total.